The van der Waals surface area contributed by atoms with E-state index in [1.54, 1.807) is 0 Å². The summed E-state index contributed by atoms with van der Waals surface area (Å²) in [7, 11) is 0. The molecule has 2 rings (SSSR count). The van der Waals surface area contributed by atoms with Crippen molar-refractivity contribution in [2.45, 2.75) is 39.7 Å². The smallest absolute Gasteiger partial charge is 0.147 e. The molecule has 1 aliphatic heterocycles. The number of nitrogens with one attached hydrogen (secondary N) is 1. The van der Waals surface area contributed by atoms with E-state index in [4.69, 9.17) is 0 Å². The van der Waals surface area contributed by atoms with Crippen LogP contribution in [-0.2, 0) is 0 Å². The van der Waals surface area contributed by atoms with E-state index in [1.807, 2.05) is 20.0 Å². The molecule has 0 amide bonds. The Kier molecular flexibility index (Phi) is 3.94. The Labute approximate surface area is 103 Å². The van der Waals surface area contributed by atoms with Gasteiger partial charge in [-0.2, -0.15) is 0 Å². The van der Waals surface area contributed by atoms with Crippen LogP contribution in [0.4, 0.5) is 5.82 Å². The zero-order chi connectivity index (χ0) is 12.3. The lowest BCUT2D eigenvalue weighted by atomic mass is 10.2. The summed E-state index contributed by atoms with van der Waals surface area (Å²) in [6.07, 6.45) is 4.42. The van der Waals surface area contributed by atoms with Crippen molar-refractivity contribution in [3.8, 4) is 0 Å². The van der Waals surface area contributed by atoms with Gasteiger partial charge in [-0.3, -0.25) is 9.88 Å². The molecule has 1 saturated heterocycles. The van der Waals surface area contributed by atoms with Crippen molar-refractivity contribution in [1.29, 1.82) is 0 Å². The maximum absolute atomic E-state index is 4.49. The van der Waals surface area contributed by atoms with Crippen molar-refractivity contribution in [2.24, 2.45) is 0 Å². The fraction of sp³-hybridized carbons (Fsp3) is 0.692. The molecule has 4 heteroatoms. The van der Waals surface area contributed by atoms with Gasteiger partial charge in [0.15, 0.2) is 0 Å². The Morgan fingerprint density at radius 2 is 2.29 bits per heavy atom. The molecule has 94 valence electrons. The van der Waals surface area contributed by atoms with Crippen molar-refractivity contribution >= 4 is 5.82 Å². The molecule has 17 heavy (non-hydrogen) atoms. The molecule has 1 unspecified atom stereocenters. The monoisotopic (exact) mass is 234 g/mol. The van der Waals surface area contributed by atoms with Gasteiger partial charge in [-0.15, -0.1) is 0 Å². The first-order valence-corrected chi connectivity index (χ1v) is 6.49. The fourth-order valence-corrected chi connectivity index (χ4v) is 2.46. The normalized spacial score (nSPS) is 20.8. The zero-order valence-electron chi connectivity index (χ0n) is 11.0. The van der Waals surface area contributed by atoms with Gasteiger partial charge in [0, 0.05) is 18.8 Å². The Bertz CT molecular complexity index is 378. The molecule has 1 aliphatic rings. The topological polar surface area (TPSA) is 41.0 Å². The molecular formula is C13H22N4. The number of hydrogen-bond donors (Lipinski definition) is 1. The molecule has 1 aromatic rings. The van der Waals surface area contributed by atoms with E-state index < -0.39 is 0 Å². The highest BCUT2D eigenvalue weighted by atomic mass is 15.2. The van der Waals surface area contributed by atoms with Crippen molar-refractivity contribution in [2.75, 3.05) is 25.0 Å². The van der Waals surface area contributed by atoms with Gasteiger partial charge in [-0.25, -0.2) is 4.98 Å². The van der Waals surface area contributed by atoms with Crippen molar-refractivity contribution in [3.63, 3.8) is 0 Å². The lowest BCUT2D eigenvalue weighted by Crippen LogP contribution is -2.34. The molecule has 0 aromatic carbocycles. The number of likely N-dealkylation sites (tertiary alicyclic amines) is 1. The second-order valence-corrected chi connectivity index (χ2v) is 4.75. The third-order valence-electron chi connectivity index (χ3n) is 3.49. The number of aryl methyl sites for hydroxylation is 2. The molecule has 0 saturated carbocycles. The molecule has 1 atom stereocenters. The fourth-order valence-electron chi connectivity index (χ4n) is 2.46. The molecule has 1 aromatic heterocycles. The first-order chi connectivity index (χ1) is 8.20. The SMILES string of the molecule is CCN1CCCC1CNc1nc(C)cnc1C. The third kappa shape index (κ3) is 2.94. The van der Waals surface area contributed by atoms with Crippen molar-refractivity contribution in [1.82, 2.24) is 14.9 Å². The predicted molar refractivity (Wildman–Crippen MR) is 70.3 cm³/mol. The first-order valence-electron chi connectivity index (χ1n) is 6.49. The molecule has 0 aliphatic carbocycles. The summed E-state index contributed by atoms with van der Waals surface area (Å²) in [5.41, 5.74) is 1.95. The van der Waals surface area contributed by atoms with Crippen molar-refractivity contribution in [3.05, 3.63) is 17.6 Å². The van der Waals surface area contributed by atoms with E-state index in [-0.39, 0.29) is 0 Å². The summed E-state index contributed by atoms with van der Waals surface area (Å²) >= 11 is 0. The molecule has 0 radical (unpaired) electrons. The van der Waals surface area contributed by atoms with E-state index in [0.29, 0.717) is 6.04 Å². The third-order valence-corrected chi connectivity index (χ3v) is 3.49. The summed E-state index contributed by atoms with van der Waals surface area (Å²) in [6.45, 7) is 9.57. The van der Waals surface area contributed by atoms with Gasteiger partial charge >= 0.3 is 0 Å². The highest BCUT2D eigenvalue weighted by Gasteiger charge is 2.22. The minimum absolute atomic E-state index is 0.654. The minimum Gasteiger partial charge on any atom is -0.367 e. The van der Waals surface area contributed by atoms with Gasteiger partial charge < -0.3 is 5.32 Å². The van der Waals surface area contributed by atoms with E-state index in [2.05, 4.69) is 27.1 Å². The Hall–Kier alpha value is -1.16. The number of anilines is 1. The van der Waals surface area contributed by atoms with Crippen LogP contribution in [0.2, 0.25) is 0 Å². The van der Waals surface area contributed by atoms with E-state index >= 15 is 0 Å². The molecule has 1 N–H and O–H groups in total. The van der Waals surface area contributed by atoms with Gasteiger partial charge in [0.2, 0.25) is 0 Å². The number of rotatable bonds is 4. The van der Waals surface area contributed by atoms with E-state index in [1.165, 1.54) is 19.4 Å². The molecule has 4 nitrogen and oxygen atoms in total. The average molecular weight is 234 g/mol. The van der Waals surface area contributed by atoms with Crippen LogP contribution in [-0.4, -0.2) is 40.5 Å². The highest BCUT2D eigenvalue weighted by Crippen LogP contribution is 2.17. The van der Waals surface area contributed by atoms with E-state index in [0.717, 1.165) is 30.3 Å². The van der Waals surface area contributed by atoms with Gasteiger partial charge in [0.25, 0.3) is 0 Å². The lowest BCUT2D eigenvalue weighted by molar-refractivity contribution is 0.277. The van der Waals surface area contributed by atoms with Crippen LogP contribution >= 0.6 is 0 Å². The molecule has 0 spiro atoms. The van der Waals surface area contributed by atoms with E-state index in [9.17, 15) is 0 Å². The van der Waals surface area contributed by atoms with Gasteiger partial charge in [0.05, 0.1) is 11.4 Å². The zero-order valence-corrected chi connectivity index (χ0v) is 11.0. The predicted octanol–water partition coefficient (Wildman–Crippen LogP) is 1.99. The molecule has 0 bridgehead atoms. The number of nitrogens with zero attached hydrogens (tertiary/aromatic N) is 3. The number of aromatic nitrogens is 2. The standard InChI is InChI=1S/C13H22N4/c1-4-17-7-5-6-12(17)9-15-13-11(3)14-8-10(2)16-13/h8,12H,4-7,9H2,1-3H3,(H,15,16). The van der Waals surface area contributed by atoms with Crippen LogP contribution in [0.1, 0.15) is 31.2 Å². The molecule has 1 fully saturated rings. The average Bonchev–Trinajstić information content (AvgIpc) is 2.77. The Morgan fingerprint density at radius 1 is 1.47 bits per heavy atom. The largest absolute Gasteiger partial charge is 0.367 e. The maximum Gasteiger partial charge on any atom is 0.147 e. The van der Waals surface area contributed by atoms with Crippen LogP contribution in [0.25, 0.3) is 0 Å². The summed E-state index contributed by atoms with van der Waals surface area (Å²) in [6, 6.07) is 0.654. The van der Waals surface area contributed by atoms with Crippen LogP contribution in [0, 0.1) is 13.8 Å². The van der Waals surface area contributed by atoms with Crippen LogP contribution < -0.4 is 5.32 Å². The molecule has 2 heterocycles. The molecular weight excluding hydrogens is 212 g/mol. The van der Waals surface area contributed by atoms with Crippen LogP contribution in [0.5, 0.6) is 0 Å². The quantitative estimate of drug-likeness (QED) is 0.865. The van der Waals surface area contributed by atoms with Gasteiger partial charge in [0.1, 0.15) is 5.82 Å². The van der Waals surface area contributed by atoms with Gasteiger partial charge in [-0.05, 0) is 39.8 Å². The summed E-state index contributed by atoms with van der Waals surface area (Å²) < 4.78 is 0. The lowest BCUT2D eigenvalue weighted by Gasteiger charge is -2.23. The van der Waals surface area contributed by atoms with Crippen molar-refractivity contribution < 1.29 is 0 Å². The maximum atomic E-state index is 4.49. The second kappa shape index (κ2) is 5.45. The van der Waals surface area contributed by atoms with Crippen LogP contribution in [0.3, 0.4) is 0 Å². The second-order valence-electron chi connectivity index (χ2n) is 4.75. The van der Waals surface area contributed by atoms with Gasteiger partial charge in [-0.1, -0.05) is 6.92 Å². The Balaban J connectivity index is 1.95. The highest BCUT2D eigenvalue weighted by molar-refractivity contribution is 5.39. The summed E-state index contributed by atoms with van der Waals surface area (Å²) in [4.78, 5) is 11.4. The number of hydrogen-bond acceptors (Lipinski definition) is 4. The Morgan fingerprint density at radius 3 is 3.06 bits per heavy atom. The number of likely N-dealkylation sites (N-methyl/N-ethyl adjacent to an activating group) is 1. The van der Waals surface area contributed by atoms with Crippen LogP contribution in [0.15, 0.2) is 6.20 Å². The first kappa shape index (κ1) is 12.3. The minimum atomic E-state index is 0.654. The summed E-state index contributed by atoms with van der Waals surface area (Å²) in [5, 5.41) is 3.44. The summed E-state index contributed by atoms with van der Waals surface area (Å²) in [5.74, 6) is 0.938.